The van der Waals surface area contributed by atoms with E-state index in [1.54, 1.807) is 25.4 Å². The van der Waals surface area contributed by atoms with Crippen LogP contribution in [0.1, 0.15) is 10.4 Å². The number of nitrogens with one attached hydrogen (secondary N) is 3. The van der Waals surface area contributed by atoms with Crippen molar-refractivity contribution in [2.24, 2.45) is 0 Å². The molecule has 8 nitrogen and oxygen atoms in total. The quantitative estimate of drug-likeness (QED) is 0.394. The largest absolute Gasteiger partial charge is 0.355 e. The number of pyridine rings is 1. The van der Waals surface area contributed by atoms with Gasteiger partial charge in [0.2, 0.25) is 0 Å². The second-order valence-electron chi connectivity index (χ2n) is 7.74. The molecule has 0 aliphatic heterocycles. The third-order valence-corrected chi connectivity index (χ3v) is 5.79. The zero-order valence-electron chi connectivity index (χ0n) is 17.6. The molecule has 160 valence electrons. The molecule has 3 N–H and O–H groups in total. The molecule has 0 atom stereocenters. The van der Waals surface area contributed by atoms with Gasteiger partial charge in [0.05, 0.1) is 27.6 Å². The number of hydrogen-bond acceptors (Lipinski definition) is 4. The second-order valence-corrected chi connectivity index (χ2v) is 7.74. The van der Waals surface area contributed by atoms with Crippen LogP contribution in [-0.2, 0) is 0 Å². The van der Waals surface area contributed by atoms with Crippen molar-refractivity contribution >= 4 is 38.9 Å². The van der Waals surface area contributed by atoms with E-state index in [4.69, 9.17) is 4.98 Å². The first kappa shape index (κ1) is 19.0. The summed E-state index contributed by atoms with van der Waals surface area (Å²) in [5, 5.41) is 3.63. The summed E-state index contributed by atoms with van der Waals surface area (Å²) in [6.45, 7) is 0. The lowest BCUT2D eigenvalue weighted by Gasteiger charge is -2.11. The van der Waals surface area contributed by atoms with Gasteiger partial charge in [-0.2, -0.15) is 0 Å². The minimum absolute atomic E-state index is 0.173. The number of carbonyl (C=O) groups excluding carboxylic acids is 1. The minimum Gasteiger partial charge on any atom is -0.355 e. The highest BCUT2D eigenvalue weighted by atomic mass is 16.1. The van der Waals surface area contributed by atoms with Crippen LogP contribution in [-0.4, -0.2) is 37.5 Å². The summed E-state index contributed by atoms with van der Waals surface area (Å²) >= 11 is 0. The second kappa shape index (κ2) is 7.16. The van der Waals surface area contributed by atoms with Crippen LogP contribution in [0.5, 0.6) is 0 Å². The Labute approximate surface area is 186 Å². The number of carbonyl (C=O) groups is 1. The van der Waals surface area contributed by atoms with Gasteiger partial charge >= 0.3 is 5.69 Å². The average molecular weight is 434 g/mol. The topological polar surface area (TPSA) is 108 Å². The summed E-state index contributed by atoms with van der Waals surface area (Å²) in [6.07, 6.45) is 1.77. The monoisotopic (exact) mass is 434 g/mol. The fraction of sp³-hybridized carbons (Fsp3) is 0.0400. The predicted molar refractivity (Wildman–Crippen MR) is 128 cm³/mol. The van der Waals surface area contributed by atoms with E-state index in [1.807, 2.05) is 59.2 Å². The Kier molecular flexibility index (Phi) is 4.13. The molecule has 0 aliphatic rings. The van der Waals surface area contributed by atoms with Crippen LogP contribution in [0.2, 0.25) is 0 Å². The summed E-state index contributed by atoms with van der Waals surface area (Å²) in [4.78, 5) is 39.0. The Hall–Kier alpha value is -4.72. The zero-order chi connectivity index (χ0) is 22.5. The number of imidazole rings is 2. The number of hydrogen-bond donors (Lipinski definition) is 3. The Balaban J connectivity index is 1.69. The van der Waals surface area contributed by atoms with Gasteiger partial charge in [-0.05, 0) is 48.5 Å². The molecule has 0 spiro atoms. The number of aromatic amines is 2. The van der Waals surface area contributed by atoms with E-state index in [2.05, 4.69) is 20.3 Å². The number of fused-ring (bicyclic) bond motifs is 3. The summed E-state index contributed by atoms with van der Waals surface area (Å²) < 4.78 is 2.04. The molecule has 3 aromatic heterocycles. The van der Waals surface area contributed by atoms with Gasteiger partial charge in [0.15, 0.2) is 0 Å². The molecule has 3 heterocycles. The van der Waals surface area contributed by atoms with Crippen LogP contribution in [0, 0.1) is 0 Å². The van der Waals surface area contributed by atoms with Crippen LogP contribution in [0.25, 0.3) is 50.0 Å². The van der Waals surface area contributed by atoms with E-state index in [0.717, 1.165) is 39.0 Å². The van der Waals surface area contributed by atoms with Crippen molar-refractivity contribution in [1.29, 1.82) is 0 Å². The number of para-hydroxylation sites is 1. The van der Waals surface area contributed by atoms with Gasteiger partial charge in [-0.1, -0.05) is 18.2 Å². The number of H-pyrrole nitrogens is 2. The van der Waals surface area contributed by atoms with Crippen molar-refractivity contribution in [2.45, 2.75) is 0 Å². The van der Waals surface area contributed by atoms with E-state index in [9.17, 15) is 9.59 Å². The molecule has 33 heavy (non-hydrogen) atoms. The molecule has 0 fully saturated rings. The Morgan fingerprint density at radius 2 is 1.79 bits per heavy atom. The van der Waals surface area contributed by atoms with Crippen LogP contribution >= 0.6 is 0 Å². The highest BCUT2D eigenvalue weighted by Crippen LogP contribution is 2.33. The number of rotatable bonds is 3. The number of nitrogens with zero attached hydrogens (tertiary/aromatic N) is 3. The molecular formula is C25H18N6O2. The molecule has 8 heteroatoms. The molecule has 0 saturated carbocycles. The van der Waals surface area contributed by atoms with Gasteiger partial charge in [0.25, 0.3) is 5.91 Å². The first-order valence-electron chi connectivity index (χ1n) is 10.4. The normalized spacial score (nSPS) is 11.4. The molecule has 0 radical (unpaired) electrons. The summed E-state index contributed by atoms with van der Waals surface area (Å²) in [7, 11) is 1.60. The van der Waals surface area contributed by atoms with E-state index >= 15 is 0 Å². The fourth-order valence-electron chi connectivity index (χ4n) is 4.26. The molecular weight excluding hydrogens is 416 g/mol. The zero-order valence-corrected chi connectivity index (χ0v) is 17.6. The standard InChI is InChI=1S/C25H18N6O2/c1-26-24(32)14-6-9-22-21(12-14)28-23(17-10-11-27-18-5-3-2-4-16(17)18)31(22)15-7-8-19-20(13-15)30-25(33)29-19/h2-13H,1H3,(H,26,32)(H2,29,30,33). The van der Waals surface area contributed by atoms with Gasteiger partial charge in [0.1, 0.15) is 5.82 Å². The Morgan fingerprint density at radius 3 is 2.67 bits per heavy atom. The van der Waals surface area contributed by atoms with Gasteiger partial charge in [-0.15, -0.1) is 0 Å². The molecule has 0 bridgehead atoms. The van der Waals surface area contributed by atoms with Crippen molar-refractivity contribution in [2.75, 3.05) is 7.05 Å². The third-order valence-electron chi connectivity index (χ3n) is 5.79. The molecule has 3 aromatic carbocycles. The highest BCUT2D eigenvalue weighted by molar-refractivity contribution is 6.00. The SMILES string of the molecule is CNC(=O)c1ccc2c(c1)nc(-c1ccnc3ccccc13)n2-c1ccc2[nH]c(=O)[nH]c2c1. The third kappa shape index (κ3) is 3.00. The van der Waals surface area contributed by atoms with E-state index in [0.29, 0.717) is 16.6 Å². The van der Waals surface area contributed by atoms with Gasteiger partial charge in [-0.3, -0.25) is 14.3 Å². The smallest absolute Gasteiger partial charge is 0.323 e. The number of aromatic nitrogens is 5. The van der Waals surface area contributed by atoms with Crippen molar-refractivity contribution in [1.82, 2.24) is 29.8 Å². The molecule has 0 saturated heterocycles. The van der Waals surface area contributed by atoms with Crippen LogP contribution < -0.4 is 11.0 Å². The van der Waals surface area contributed by atoms with Crippen LogP contribution in [0.3, 0.4) is 0 Å². The molecule has 0 unspecified atom stereocenters. The van der Waals surface area contributed by atoms with E-state index in [-0.39, 0.29) is 11.6 Å². The lowest BCUT2D eigenvalue weighted by atomic mass is 10.1. The minimum atomic E-state index is -0.256. The first-order valence-corrected chi connectivity index (χ1v) is 10.4. The maximum atomic E-state index is 12.2. The van der Waals surface area contributed by atoms with Gasteiger partial charge < -0.3 is 15.3 Å². The highest BCUT2D eigenvalue weighted by Gasteiger charge is 2.18. The summed E-state index contributed by atoms with van der Waals surface area (Å²) in [5.74, 6) is 0.545. The molecule has 6 aromatic rings. The Bertz CT molecular complexity index is 1750. The lowest BCUT2D eigenvalue weighted by molar-refractivity contribution is 0.0963. The lowest BCUT2D eigenvalue weighted by Crippen LogP contribution is -2.17. The maximum Gasteiger partial charge on any atom is 0.323 e. The van der Waals surface area contributed by atoms with Crippen molar-refractivity contribution in [3.05, 3.63) is 89.0 Å². The summed E-state index contributed by atoms with van der Waals surface area (Å²) in [5.41, 5.74) is 5.86. The molecule has 6 rings (SSSR count). The van der Waals surface area contributed by atoms with Crippen LogP contribution in [0.15, 0.2) is 77.7 Å². The first-order chi connectivity index (χ1) is 16.1. The van der Waals surface area contributed by atoms with Crippen LogP contribution in [0.4, 0.5) is 0 Å². The fourth-order valence-corrected chi connectivity index (χ4v) is 4.26. The maximum absolute atomic E-state index is 12.2. The number of amides is 1. The summed E-state index contributed by atoms with van der Waals surface area (Å²) in [6, 6.07) is 21.0. The van der Waals surface area contributed by atoms with E-state index < -0.39 is 0 Å². The van der Waals surface area contributed by atoms with Crippen molar-refractivity contribution < 1.29 is 4.79 Å². The van der Waals surface area contributed by atoms with E-state index in [1.165, 1.54) is 0 Å². The number of benzene rings is 3. The molecule has 0 aliphatic carbocycles. The van der Waals surface area contributed by atoms with Gasteiger partial charge in [-0.25, -0.2) is 9.78 Å². The average Bonchev–Trinajstić information content (AvgIpc) is 3.41. The van der Waals surface area contributed by atoms with Gasteiger partial charge in [0, 0.05) is 35.4 Å². The molecule has 1 amide bonds. The van der Waals surface area contributed by atoms with Crippen molar-refractivity contribution in [3.63, 3.8) is 0 Å². The predicted octanol–water partition coefficient (Wildman–Crippen LogP) is 3.77. The van der Waals surface area contributed by atoms with Crippen molar-refractivity contribution in [3.8, 4) is 17.1 Å². The Morgan fingerprint density at radius 1 is 0.939 bits per heavy atom.